The fraction of sp³-hybridized carbons (Fsp3) is 0.706. The molecular formula is C17H28N2O. The molecule has 0 aromatic carbocycles. The molecule has 3 nitrogen and oxygen atoms in total. The fourth-order valence-corrected chi connectivity index (χ4v) is 3.26. The summed E-state index contributed by atoms with van der Waals surface area (Å²) < 4.78 is 2.05. The molecule has 0 saturated heterocycles. The van der Waals surface area contributed by atoms with Gasteiger partial charge in [0, 0.05) is 23.8 Å². The van der Waals surface area contributed by atoms with E-state index in [2.05, 4.69) is 39.1 Å². The highest BCUT2D eigenvalue weighted by molar-refractivity contribution is 5.26. The molecule has 1 heterocycles. The molecule has 0 aliphatic heterocycles. The quantitative estimate of drug-likeness (QED) is 0.895. The highest BCUT2D eigenvalue weighted by Gasteiger charge is 2.21. The van der Waals surface area contributed by atoms with Gasteiger partial charge in [-0.2, -0.15) is 0 Å². The van der Waals surface area contributed by atoms with E-state index < -0.39 is 0 Å². The van der Waals surface area contributed by atoms with E-state index in [1.165, 1.54) is 12.8 Å². The first-order chi connectivity index (χ1) is 9.50. The van der Waals surface area contributed by atoms with Crippen LogP contribution in [0.3, 0.4) is 0 Å². The fourth-order valence-electron chi connectivity index (χ4n) is 3.26. The summed E-state index contributed by atoms with van der Waals surface area (Å²) in [5.74, 6) is 0.609. The van der Waals surface area contributed by atoms with Crippen molar-refractivity contribution in [2.45, 2.75) is 66.0 Å². The first-order valence-corrected chi connectivity index (χ1v) is 7.93. The van der Waals surface area contributed by atoms with Crippen molar-refractivity contribution in [3.63, 3.8) is 0 Å². The van der Waals surface area contributed by atoms with Crippen LogP contribution in [0.25, 0.3) is 0 Å². The Morgan fingerprint density at radius 2 is 1.95 bits per heavy atom. The number of aromatic nitrogens is 1. The molecule has 20 heavy (non-hydrogen) atoms. The Morgan fingerprint density at radius 3 is 2.55 bits per heavy atom. The van der Waals surface area contributed by atoms with Gasteiger partial charge in [0.25, 0.3) is 5.56 Å². The van der Waals surface area contributed by atoms with E-state index in [1.807, 2.05) is 4.57 Å². The molecule has 0 amide bonds. The molecule has 1 N–H and O–H groups in total. The van der Waals surface area contributed by atoms with Crippen LogP contribution in [0.5, 0.6) is 0 Å². The third-order valence-electron chi connectivity index (χ3n) is 4.30. The van der Waals surface area contributed by atoms with Crippen LogP contribution in [0.2, 0.25) is 0 Å². The van der Waals surface area contributed by atoms with Gasteiger partial charge in [0.1, 0.15) is 0 Å². The Kier molecular flexibility index (Phi) is 5.03. The molecule has 1 aliphatic rings. The second-order valence-electron chi connectivity index (χ2n) is 6.59. The van der Waals surface area contributed by atoms with E-state index in [1.54, 1.807) is 0 Å². The van der Waals surface area contributed by atoms with Crippen LogP contribution in [-0.2, 0) is 6.54 Å². The van der Waals surface area contributed by atoms with Crippen molar-refractivity contribution < 1.29 is 0 Å². The van der Waals surface area contributed by atoms with Crippen LogP contribution >= 0.6 is 0 Å². The number of aryl methyl sites for hydroxylation is 2. The second-order valence-corrected chi connectivity index (χ2v) is 6.59. The van der Waals surface area contributed by atoms with Gasteiger partial charge in [-0.25, -0.2) is 0 Å². The van der Waals surface area contributed by atoms with Gasteiger partial charge >= 0.3 is 0 Å². The van der Waals surface area contributed by atoms with Crippen LogP contribution < -0.4 is 10.9 Å². The largest absolute Gasteiger partial charge is 0.312 e. The summed E-state index contributed by atoms with van der Waals surface area (Å²) in [5.41, 5.74) is 3.42. The molecule has 112 valence electrons. The zero-order chi connectivity index (χ0) is 14.7. The van der Waals surface area contributed by atoms with Crippen LogP contribution in [0.15, 0.2) is 10.9 Å². The lowest BCUT2D eigenvalue weighted by Crippen LogP contribution is -2.32. The van der Waals surface area contributed by atoms with E-state index in [9.17, 15) is 4.79 Å². The zero-order valence-electron chi connectivity index (χ0n) is 13.3. The van der Waals surface area contributed by atoms with Gasteiger partial charge in [-0.1, -0.05) is 26.7 Å². The number of hydrogen-bond acceptors (Lipinski definition) is 2. The third kappa shape index (κ3) is 3.32. The molecule has 0 bridgehead atoms. The average molecular weight is 276 g/mol. The minimum atomic E-state index is 0.227. The summed E-state index contributed by atoms with van der Waals surface area (Å²) in [5, 5.41) is 3.41. The van der Waals surface area contributed by atoms with Crippen molar-refractivity contribution in [3.8, 4) is 0 Å². The normalized spacial score (nSPS) is 16.2. The van der Waals surface area contributed by atoms with Gasteiger partial charge in [-0.05, 0) is 50.8 Å². The van der Waals surface area contributed by atoms with Crippen LogP contribution in [0, 0.1) is 19.8 Å². The Morgan fingerprint density at radius 1 is 1.30 bits per heavy atom. The summed E-state index contributed by atoms with van der Waals surface area (Å²) >= 11 is 0. The van der Waals surface area contributed by atoms with Crippen molar-refractivity contribution in [1.29, 1.82) is 0 Å². The SMILES string of the molecule is Cc1cc(C)n(C2CCCC2)c(=O)c1CNCC(C)C. The molecule has 1 aromatic rings. The van der Waals surface area contributed by atoms with Crippen LogP contribution in [0.1, 0.15) is 62.4 Å². The lowest BCUT2D eigenvalue weighted by molar-refractivity contribution is 0.482. The maximum Gasteiger partial charge on any atom is 0.255 e. The molecule has 0 radical (unpaired) electrons. The maximum atomic E-state index is 12.8. The number of rotatable bonds is 5. The molecule has 3 heteroatoms. The molecule has 0 spiro atoms. The van der Waals surface area contributed by atoms with Gasteiger partial charge in [-0.3, -0.25) is 4.79 Å². The smallest absolute Gasteiger partial charge is 0.255 e. The average Bonchev–Trinajstić information content (AvgIpc) is 2.86. The van der Waals surface area contributed by atoms with Crippen molar-refractivity contribution in [1.82, 2.24) is 9.88 Å². The lowest BCUT2D eigenvalue weighted by Gasteiger charge is -2.20. The molecule has 1 saturated carbocycles. The predicted octanol–water partition coefficient (Wildman–Crippen LogP) is 3.33. The van der Waals surface area contributed by atoms with Crippen LogP contribution in [0.4, 0.5) is 0 Å². The molecule has 1 aromatic heterocycles. The number of nitrogens with zero attached hydrogens (tertiary/aromatic N) is 1. The minimum Gasteiger partial charge on any atom is -0.312 e. The number of hydrogen-bond donors (Lipinski definition) is 1. The topological polar surface area (TPSA) is 34.0 Å². The summed E-state index contributed by atoms with van der Waals surface area (Å²) in [6.45, 7) is 10.1. The van der Waals surface area contributed by atoms with Crippen molar-refractivity contribution in [2.75, 3.05) is 6.54 Å². The van der Waals surface area contributed by atoms with E-state index in [0.717, 1.165) is 36.2 Å². The number of nitrogens with one attached hydrogen (secondary N) is 1. The Bertz CT molecular complexity index is 510. The number of pyridine rings is 1. The lowest BCUT2D eigenvalue weighted by atomic mass is 10.1. The van der Waals surface area contributed by atoms with Crippen molar-refractivity contribution in [3.05, 3.63) is 33.2 Å². The first-order valence-electron chi connectivity index (χ1n) is 7.93. The van der Waals surface area contributed by atoms with Gasteiger partial charge in [0.2, 0.25) is 0 Å². The van der Waals surface area contributed by atoms with E-state index in [4.69, 9.17) is 0 Å². The Balaban J connectivity index is 2.27. The van der Waals surface area contributed by atoms with E-state index >= 15 is 0 Å². The first kappa shape index (κ1) is 15.3. The second kappa shape index (κ2) is 6.57. The van der Waals surface area contributed by atoms with Crippen molar-refractivity contribution >= 4 is 0 Å². The molecule has 1 aliphatic carbocycles. The zero-order valence-corrected chi connectivity index (χ0v) is 13.3. The van der Waals surface area contributed by atoms with Crippen LogP contribution in [-0.4, -0.2) is 11.1 Å². The predicted molar refractivity (Wildman–Crippen MR) is 84.2 cm³/mol. The highest BCUT2D eigenvalue weighted by atomic mass is 16.1. The van der Waals surface area contributed by atoms with Gasteiger partial charge in [0.15, 0.2) is 0 Å². The van der Waals surface area contributed by atoms with Gasteiger partial charge < -0.3 is 9.88 Å². The van der Waals surface area contributed by atoms with Gasteiger partial charge in [0.05, 0.1) is 0 Å². The summed E-state index contributed by atoms with van der Waals surface area (Å²) in [6, 6.07) is 2.60. The summed E-state index contributed by atoms with van der Waals surface area (Å²) in [6.07, 6.45) is 4.82. The highest BCUT2D eigenvalue weighted by Crippen LogP contribution is 2.29. The van der Waals surface area contributed by atoms with E-state index in [-0.39, 0.29) is 5.56 Å². The van der Waals surface area contributed by atoms with Crippen molar-refractivity contribution in [2.24, 2.45) is 5.92 Å². The molecular weight excluding hydrogens is 248 g/mol. The monoisotopic (exact) mass is 276 g/mol. The minimum absolute atomic E-state index is 0.227. The maximum absolute atomic E-state index is 12.8. The Hall–Kier alpha value is -1.09. The molecule has 2 rings (SSSR count). The molecule has 0 atom stereocenters. The summed E-state index contributed by atoms with van der Waals surface area (Å²) in [4.78, 5) is 12.8. The third-order valence-corrected chi connectivity index (χ3v) is 4.30. The molecule has 1 fully saturated rings. The Labute approximate surface area is 122 Å². The van der Waals surface area contributed by atoms with E-state index in [0.29, 0.717) is 18.5 Å². The standard InChI is InChI=1S/C17H28N2O/c1-12(2)10-18-11-16-13(3)9-14(4)19(17(16)20)15-7-5-6-8-15/h9,12,15,18H,5-8,10-11H2,1-4H3. The summed E-state index contributed by atoms with van der Waals surface area (Å²) in [7, 11) is 0. The molecule has 0 unspecified atom stereocenters. The van der Waals surface area contributed by atoms with Gasteiger partial charge in [-0.15, -0.1) is 0 Å².